The number of imidazole rings is 1. The van der Waals surface area contributed by atoms with Gasteiger partial charge in [0.1, 0.15) is 11.6 Å². The molecule has 0 atom stereocenters. The van der Waals surface area contributed by atoms with E-state index in [2.05, 4.69) is 31.0 Å². The number of carbonyl (C=O) groups is 2. The van der Waals surface area contributed by atoms with Gasteiger partial charge in [0.2, 0.25) is 0 Å². The van der Waals surface area contributed by atoms with Crippen LogP contribution in [-0.4, -0.2) is 54.8 Å². The Morgan fingerprint density at radius 3 is 2.32 bits per heavy atom. The van der Waals surface area contributed by atoms with Crippen LogP contribution >= 0.6 is 0 Å². The van der Waals surface area contributed by atoms with E-state index in [1.165, 1.54) is 52.1 Å². The van der Waals surface area contributed by atoms with Gasteiger partial charge in [-0.15, -0.1) is 5.10 Å². The SMILES string of the molecule is O=C(Nc1ccncc1F)c1cnc2c(NC3CC3)cc(N[C@H]3CC[C@H](N(C(=O)O)c4ccc(F)cc4)CC3)nn12. The first kappa shape index (κ1) is 26.4. The van der Waals surface area contributed by atoms with Gasteiger partial charge in [-0.25, -0.2) is 23.1 Å². The van der Waals surface area contributed by atoms with Gasteiger partial charge in [0, 0.05) is 36.1 Å². The van der Waals surface area contributed by atoms with Crippen molar-refractivity contribution in [1.82, 2.24) is 19.6 Å². The number of pyridine rings is 1. The lowest BCUT2D eigenvalue weighted by Gasteiger charge is -2.35. The average Bonchev–Trinajstić information content (AvgIpc) is 3.67. The first-order valence-electron chi connectivity index (χ1n) is 13.5. The summed E-state index contributed by atoms with van der Waals surface area (Å²) < 4.78 is 28.9. The lowest BCUT2D eigenvalue weighted by molar-refractivity contribution is 0.102. The molecule has 2 saturated carbocycles. The predicted molar refractivity (Wildman–Crippen MR) is 148 cm³/mol. The molecule has 0 saturated heterocycles. The van der Waals surface area contributed by atoms with Crippen LogP contribution in [0.1, 0.15) is 49.0 Å². The number of fused-ring (bicyclic) bond motifs is 1. The maximum Gasteiger partial charge on any atom is 0.412 e. The number of hydrogen-bond acceptors (Lipinski definition) is 7. The Hall–Kier alpha value is -4.81. The lowest BCUT2D eigenvalue weighted by atomic mass is 9.90. The molecule has 2 aliphatic carbocycles. The number of hydrogen-bond donors (Lipinski definition) is 4. The number of halogens is 2. The molecule has 0 radical (unpaired) electrons. The molecule has 1 aromatic carbocycles. The second kappa shape index (κ2) is 11.0. The van der Waals surface area contributed by atoms with E-state index >= 15 is 0 Å². The third kappa shape index (κ3) is 5.74. The minimum Gasteiger partial charge on any atom is -0.465 e. The molecule has 3 heterocycles. The molecule has 2 fully saturated rings. The van der Waals surface area contributed by atoms with Crippen LogP contribution in [0.5, 0.6) is 0 Å². The Morgan fingerprint density at radius 1 is 0.927 bits per heavy atom. The van der Waals surface area contributed by atoms with Crippen LogP contribution in [0, 0.1) is 11.6 Å². The number of nitrogens with zero attached hydrogens (tertiary/aromatic N) is 5. The molecule has 0 unspecified atom stereocenters. The number of carbonyl (C=O) groups excluding carboxylic acids is 1. The third-order valence-corrected chi connectivity index (χ3v) is 7.38. The largest absolute Gasteiger partial charge is 0.465 e. The molecule has 4 N–H and O–H groups in total. The van der Waals surface area contributed by atoms with Crippen molar-refractivity contribution in [1.29, 1.82) is 0 Å². The van der Waals surface area contributed by atoms with Gasteiger partial charge in [-0.3, -0.25) is 14.7 Å². The maximum absolute atomic E-state index is 14.1. The fourth-order valence-corrected chi connectivity index (χ4v) is 5.18. The number of anilines is 4. The van der Waals surface area contributed by atoms with Gasteiger partial charge in [-0.05, 0) is 68.9 Å². The summed E-state index contributed by atoms with van der Waals surface area (Å²) >= 11 is 0. The van der Waals surface area contributed by atoms with E-state index in [0.717, 1.165) is 24.7 Å². The van der Waals surface area contributed by atoms with Gasteiger partial charge in [-0.2, -0.15) is 0 Å². The fourth-order valence-electron chi connectivity index (χ4n) is 5.18. The molecule has 0 aliphatic heterocycles. The van der Waals surface area contributed by atoms with Crippen molar-refractivity contribution in [3.05, 3.63) is 72.3 Å². The first-order valence-corrected chi connectivity index (χ1v) is 13.5. The van der Waals surface area contributed by atoms with Crippen molar-refractivity contribution in [3.63, 3.8) is 0 Å². The minimum absolute atomic E-state index is 0.00152. The zero-order valence-corrected chi connectivity index (χ0v) is 21.9. The van der Waals surface area contributed by atoms with E-state index < -0.39 is 23.6 Å². The first-order chi connectivity index (χ1) is 19.9. The summed E-state index contributed by atoms with van der Waals surface area (Å²) in [5.74, 6) is -1.12. The van der Waals surface area contributed by atoms with Crippen LogP contribution in [0.4, 0.5) is 36.5 Å². The zero-order chi connectivity index (χ0) is 28.5. The molecule has 0 spiro atoms. The summed E-state index contributed by atoms with van der Waals surface area (Å²) in [5.41, 5.74) is 1.78. The molecule has 41 heavy (non-hydrogen) atoms. The van der Waals surface area contributed by atoms with Crippen LogP contribution in [-0.2, 0) is 0 Å². The molecular weight excluding hydrogens is 534 g/mol. The molecule has 2 aliphatic rings. The van der Waals surface area contributed by atoms with E-state index in [4.69, 9.17) is 0 Å². The lowest BCUT2D eigenvalue weighted by Crippen LogP contribution is -2.43. The second-order valence-corrected chi connectivity index (χ2v) is 10.3. The normalized spacial score (nSPS) is 18.6. The molecule has 13 heteroatoms. The van der Waals surface area contributed by atoms with Crippen molar-refractivity contribution in [2.24, 2.45) is 0 Å². The maximum atomic E-state index is 14.1. The van der Waals surface area contributed by atoms with Crippen molar-refractivity contribution in [3.8, 4) is 0 Å². The van der Waals surface area contributed by atoms with Gasteiger partial charge in [0.05, 0.1) is 23.8 Å². The summed E-state index contributed by atoms with van der Waals surface area (Å²) in [5, 5.41) is 23.9. The summed E-state index contributed by atoms with van der Waals surface area (Å²) in [6.07, 6.45) is 7.36. The van der Waals surface area contributed by atoms with E-state index in [0.29, 0.717) is 48.9 Å². The monoisotopic (exact) mass is 562 g/mol. The molecule has 2 amide bonds. The zero-order valence-electron chi connectivity index (χ0n) is 21.9. The molecular formula is C28H28F2N8O3. The van der Waals surface area contributed by atoms with Crippen LogP contribution in [0.2, 0.25) is 0 Å². The minimum atomic E-state index is -1.08. The van der Waals surface area contributed by atoms with Crippen LogP contribution in [0.25, 0.3) is 5.65 Å². The van der Waals surface area contributed by atoms with Crippen molar-refractivity contribution in [2.75, 3.05) is 20.9 Å². The van der Waals surface area contributed by atoms with E-state index in [-0.39, 0.29) is 23.5 Å². The smallest absolute Gasteiger partial charge is 0.412 e. The Labute approximate surface area is 233 Å². The predicted octanol–water partition coefficient (Wildman–Crippen LogP) is 5.14. The second-order valence-electron chi connectivity index (χ2n) is 10.3. The van der Waals surface area contributed by atoms with Gasteiger partial charge in [0.15, 0.2) is 17.2 Å². The highest BCUT2D eigenvalue weighted by Crippen LogP contribution is 2.32. The highest BCUT2D eigenvalue weighted by atomic mass is 19.1. The molecule has 4 aromatic rings. The molecule has 212 valence electrons. The molecule has 6 rings (SSSR count). The van der Waals surface area contributed by atoms with Crippen molar-refractivity contribution < 1.29 is 23.5 Å². The standard InChI is InChI=1S/C28H28F2N8O3/c29-16-1-7-19(8-2-16)37(28(40)41)20-9-5-18(6-10-20)34-25-13-23(33-17-3-4-17)26-32-15-24(38(26)36-25)27(39)35-22-11-12-31-14-21(22)30/h1-2,7-8,11-15,17-18,20,33H,3-6,9-10H2,(H,34,36)(H,40,41)(H,31,35,39)/t18-,20-. The average molecular weight is 563 g/mol. The number of rotatable bonds is 8. The Bertz CT molecular complexity index is 1580. The van der Waals surface area contributed by atoms with Crippen molar-refractivity contribution >= 4 is 40.5 Å². The van der Waals surface area contributed by atoms with E-state index in [9.17, 15) is 23.5 Å². The Balaban J connectivity index is 1.20. The van der Waals surface area contributed by atoms with Gasteiger partial charge < -0.3 is 21.1 Å². The molecule has 3 aromatic heterocycles. The molecule has 0 bridgehead atoms. The third-order valence-electron chi connectivity index (χ3n) is 7.38. The van der Waals surface area contributed by atoms with Gasteiger partial charge in [-0.1, -0.05) is 0 Å². The van der Waals surface area contributed by atoms with Crippen molar-refractivity contribution in [2.45, 2.75) is 56.7 Å². The topological polar surface area (TPSA) is 137 Å². The van der Waals surface area contributed by atoms with Crippen LogP contribution in [0.3, 0.4) is 0 Å². The number of benzene rings is 1. The van der Waals surface area contributed by atoms with Gasteiger partial charge >= 0.3 is 6.09 Å². The number of aromatic nitrogens is 4. The Morgan fingerprint density at radius 2 is 1.63 bits per heavy atom. The summed E-state index contributed by atoms with van der Waals surface area (Å²) in [7, 11) is 0. The molecule has 11 nitrogen and oxygen atoms in total. The number of carboxylic acid groups (broad SMARTS) is 1. The summed E-state index contributed by atoms with van der Waals surface area (Å²) in [4.78, 5) is 34.5. The van der Waals surface area contributed by atoms with Crippen LogP contribution in [0.15, 0.2) is 55.0 Å². The van der Waals surface area contributed by atoms with Crippen LogP contribution < -0.4 is 20.9 Å². The highest BCUT2D eigenvalue weighted by Gasteiger charge is 2.31. The quantitative estimate of drug-likeness (QED) is 0.232. The number of amides is 2. The van der Waals surface area contributed by atoms with Gasteiger partial charge in [0.25, 0.3) is 5.91 Å². The number of nitrogens with one attached hydrogen (secondary N) is 3. The Kier molecular flexibility index (Phi) is 7.08. The van der Waals surface area contributed by atoms with E-state index in [1.54, 1.807) is 0 Å². The summed E-state index contributed by atoms with van der Waals surface area (Å²) in [6, 6.07) is 8.78. The van der Waals surface area contributed by atoms with E-state index in [1.807, 2.05) is 6.07 Å². The fraction of sp³-hybridized carbons (Fsp3) is 0.321. The highest BCUT2D eigenvalue weighted by molar-refractivity contribution is 6.03. The summed E-state index contributed by atoms with van der Waals surface area (Å²) in [6.45, 7) is 0.